The molecule has 30 heavy (non-hydrogen) atoms. The molecule has 2 rings (SSSR count). The molecule has 5 nitrogen and oxygen atoms in total. The molecule has 0 saturated carbocycles. The van der Waals surface area contributed by atoms with Gasteiger partial charge in [-0.25, -0.2) is 0 Å². The third-order valence-corrected chi connectivity index (χ3v) is 5.44. The van der Waals surface area contributed by atoms with Crippen molar-refractivity contribution in [2.24, 2.45) is 0 Å². The smallest absolute Gasteiger partial charge is 0.261 e. The SMILES string of the molecule is CCCNC(=O)[C@@H](CC)N(Cc1ccc(C)cc1)C(=O)COc1ccc(Br)cc1Cl. The summed E-state index contributed by atoms with van der Waals surface area (Å²) in [6, 6.07) is 12.6. The first-order chi connectivity index (χ1) is 14.3. The van der Waals surface area contributed by atoms with E-state index in [4.69, 9.17) is 16.3 Å². The Balaban J connectivity index is 2.20. The van der Waals surface area contributed by atoms with E-state index in [0.717, 1.165) is 22.0 Å². The van der Waals surface area contributed by atoms with Crippen LogP contribution >= 0.6 is 27.5 Å². The number of benzene rings is 2. The predicted molar refractivity (Wildman–Crippen MR) is 124 cm³/mol. The second-order valence-electron chi connectivity index (χ2n) is 7.09. The minimum atomic E-state index is -0.575. The Hall–Kier alpha value is -2.05. The molecule has 0 aliphatic heterocycles. The molecule has 0 heterocycles. The van der Waals surface area contributed by atoms with Gasteiger partial charge in [0.1, 0.15) is 11.8 Å². The van der Waals surface area contributed by atoms with Crippen LogP contribution in [0.1, 0.15) is 37.8 Å². The van der Waals surface area contributed by atoms with E-state index in [0.29, 0.717) is 30.3 Å². The largest absolute Gasteiger partial charge is 0.482 e. The molecule has 2 aromatic rings. The Bertz CT molecular complexity index is 858. The Kier molecular flexibility index (Phi) is 9.66. The van der Waals surface area contributed by atoms with E-state index >= 15 is 0 Å². The fraction of sp³-hybridized carbons (Fsp3) is 0.391. The van der Waals surface area contributed by atoms with Crippen LogP contribution in [0.2, 0.25) is 5.02 Å². The molecule has 0 unspecified atom stereocenters. The molecule has 0 bridgehead atoms. The zero-order valence-electron chi connectivity index (χ0n) is 17.6. The van der Waals surface area contributed by atoms with Crippen molar-refractivity contribution in [1.29, 1.82) is 0 Å². The fourth-order valence-electron chi connectivity index (χ4n) is 2.99. The summed E-state index contributed by atoms with van der Waals surface area (Å²) >= 11 is 9.54. The summed E-state index contributed by atoms with van der Waals surface area (Å²) in [6.07, 6.45) is 1.34. The highest BCUT2D eigenvalue weighted by Crippen LogP contribution is 2.27. The lowest BCUT2D eigenvalue weighted by Crippen LogP contribution is -2.50. The summed E-state index contributed by atoms with van der Waals surface area (Å²) in [7, 11) is 0. The predicted octanol–water partition coefficient (Wildman–Crippen LogP) is 5.12. The number of rotatable bonds is 10. The van der Waals surface area contributed by atoms with Crippen molar-refractivity contribution in [3.05, 3.63) is 63.1 Å². The van der Waals surface area contributed by atoms with Gasteiger partial charge < -0.3 is 15.0 Å². The second kappa shape index (κ2) is 12.0. The molecule has 0 spiro atoms. The van der Waals surface area contributed by atoms with Gasteiger partial charge in [0, 0.05) is 17.6 Å². The van der Waals surface area contributed by atoms with E-state index in [2.05, 4.69) is 21.2 Å². The van der Waals surface area contributed by atoms with Crippen molar-refractivity contribution in [3.63, 3.8) is 0 Å². The standard InChI is InChI=1S/C23H28BrClN2O3/c1-4-12-26-23(29)20(5-2)27(14-17-8-6-16(3)7-9-17)22(28)15-30-21-11-10-18(24)13-19(21)25/h6-11,13,20H,4-5,12,14-15H2,1-3H3,(H,26,29)/t20-/m1/s1. The van der Waals surface area contributed by atoms with E-state index < -0.39 is 6.04 Å². The number of aryl methyl sites for hydroxylation is 1. The lowest BCUT2D eigenvalue weighted by atomic mass is 10.1. The highest BCUT2D eigenvalue weighted by atomic mass is 79.9. The molecule has 0 fully saturated rings. The number of nitrogens with zero attached hydrogens (tertiary/aromatic N) is 1. The Labute approximate surface area is 191 Å². The number of nitrogens with one attached hydrogen (secondary N) is 1. The monoisotopic (exact) mass is 494 g/mol. The maximum atomic E-state index is 13.1. The van der Waals surface area contributed by atoms with E-state index in [1.54, 1.807) is 23.1 Å². The zero-order valence-corrected chi connectivity index (χ0v) is 19.9. The van der Waals surface area contributed by atoms with Gasteiger partial charge in [-0.2, -0.15) is 0 Å². The van der Waals surface area contributed by atoms with Crippen molar-refractivity contribution in [2.75, 3.05) is 13.2 Å². The average molecular weight is 496 g/mol. The molecular formula is C23H28BrClN2O3. The van der Waals surface area contributed by atoms with Crippen LogP contribution in [0.3, 0.4) is 0 Å². The van der Waals surface area contributed by atoms with E-state index in [-0.39, 0.29) is 18.4 Å². The van der Waals surface area contributed by atoms with Gasteiger partial charge in [-0.1, -0.05) is 71.2 Å². The van der Waals surface area contributed by atoms with Crippen LogP contribution in [0.4, 0.5) is 0 Å². The van der Waals surface area contributed by atoms with Crippen molar-refractivity contribution >= 4 is 39.3 Å². The lowest BCUT2D eigenvalue weighted by Gasteiger charge is -2.30. The molecule has 162 valence electrons. The third-order valence-electron chi connectivity index (χ3n) is 4.65. The van der Waals surface area contributed by atoms with Gasteiger partial charge in [0.25, 0.3) is 5.91 Å². The first kappa shape index (κ1) is 24.2. The van der Waals surface area contributed by atoms with E-state index in [9.17, 15) is 9.59 Å². The highest BCUT2D eigenvalue weighted by Gasteiger charge is 2.28. The summed E-state index contributed by atoms with van der Waals surface area (Å²) in [5, 5.41) is 3.31. The summed E-state index contributed by atoms with van der Waals surface area (Å²) in [5.41, 5.74) is 2.09. The van der Waals surface area contributed by atoms with Crippen LogP contribution in [0.25, 0.3) is 0 Å². The second-order valence-corrected chi connectivity index (χ2v) is 8.41. The van der Waals surface area contributed by atoms with Gasteiger partial charge in [-0.05, 0) is 43.5 Å². The average Bonchev–Trinajstić information content (AvgIpc) is 2.72. The molecule has 0 saturated heterocycles. The van der Waals surface area contributed by atoms with Crippen molar-refractivity contribution < 1.29 is 14.3 Å². The van der Waals surface area contributed by atoms with E-state index in [1.165, 1.54) is 0 Å². The van der Waals surface area contributed by atoms with Crippen LogP contribution in [0, 0.1) is 6.92 Å². The van der Waals surface area contributed by atoms with Gasteiger partial charge in [0.2, 0.25) is 5.91 Å². The zero-order chi connectivity index (χ0) is 22.1. The summed E-state index contributed by atoms with van der Waals surface area (Å²) in [6.45, 7) is 6.60. The minimum Gasteiger partial charge on any atom is -0.482 e. The molecule has 0 aromatic heterocycles. The number of carbonyl (C=O) groups excluding carboxylic acids is 2. The van der Waals surface area contributed by atoms with E-state index in [1.807, 2.05) is 45.0 Å². The molecule has 0 aliphatic rings. The van der Waals surface area contributed by atoms with Crippen molar-refractivity contribution in [3.8, 4) is 5.75 Å². The maximum Gasteiger partial charge on any atom is 0.261 e. The van der Waals surface area contributed by atoms with Crippen LogP contribution in [0.5, 0.6) is 5.75 Å². The number of ether oxygens (including phenoxy) is 1. The quantitative estimate of drug-likeness (QED) is 0.497. The summed E-state index contributed by atoms with van der Waals surface area (Å²) in [4.78, 5) is 27.4. The Morgan fingerprint density at radius 3 is 2.47 bits per heavy atom. The Morgan fingerprint density at radius 1 is 1.17 bits per heavy atom. The maximum absolute atomic E-state index is 13.1. The number of hydrogen-bond acceptors (Lipinski definition) is 3. The van der Waals surface area contributed by atoms with Crippen LogP contribution < -0.4 is 10.1 Å². The van der Waals surface area contributed by atoms with Crippen molar-refractivity contribution in [1.82, 2.24) is 10.2 Å². The third kappa shape index (κ3) is 7.03. The molecule has 2 amide bonds. The number of hydrogen-bond donors (Lipinski definition) is 1. The first-order valence-electron chi connectivity index (χ1n) is 10.1. The Morgan fingerprint density at radius 2 is 1.87 bits per heavy atom. The van der Waals surface area contributed by atoms with Crippen LogP contribution in [0.15, 0.2) is 46.9 Å². The normalized spacial score (nSPS) is 11.6. The molecule has 2 aromatic carbocycles. The first-order valence-corrected chi connectivity index (χ1v) is 11.2. The highest BCUT2D eigenvalue weighted by molar-refractivity contribution is 9.10. The molecule has 0 radical (unpaired) electrons. The van der Waals surface area contributed by atoms with Crippen LogP contribution in [-0.4, -0.2) is 35.9 Å². The molecule has 7 heteroatoms. The molecule has 1 atom stereocenters. The number of carbonyl (C=O) groups is 2. The minimum absolute atomic E-state index is 0.151. The summed E-state index contributed by atoms with van der Waals surface area (Å²) < 4.78 is 6.50. The van der Waals surface area contributed by atoms with Gasteiger partial charge >= 0.3 is 0 Å². The molecular weight excluding hydrogens is 468 g/mol. The van der Waals surface area contributed by atoms with Gasteiger partial charge in [0.15, 0.2) is 6.61 Å². The van der Waals surface area contributed by atoms with Gasteiger partial charge in [-0.3, -0.25) is 9.59 Å². The van der Waals surface area contributed by atoms with Gasteiger partial charge in [-0.15, -0.1) is 0 Å². The number of amides is 2. The van der Waals surface area contributed by atoms with Crippen molar-refractivity contribution in [2.45, 2.75) is 46.2 Å². The number of halogens is 2. The fourth-order valence-corrected chi connectivity index (χ4v) is 3.72. The lowest BCUT2D eigenvalue weighted by molar-refractivity contribution is -0.143. The topological polar surface area (TPSA) is 58.6 Å². The van der Waals surface area contributed by atoms with Gasteiger partial charge in [0.05, 0.1) is 5.02 Å². The summed E-state index contributed by atoms with van der Waals surface area (Å²) in [5.74, 6) is 0.00142. The van der Waals surface area contributed by atoms with Crippen LogP contribution in [-0.2, 0) is 16.1 Å². The molecule has 1 N–H and O–H groups in total. The molecule has 0 aliphatic carbocycles.